The first-order valence-corrected chi connectivity index (χ1v) is 5.27. The van der Waals surface area contributed by atoms with E-state index in [-0.39, 0.29) is 6.04 Å². The zero-order valence-corrected chi connectivity index (χ0v) is 10.3. The maximum absolute atomic E-state index is 5.21. The molecule has 1 heterocycles. The molecule has 0 fully saturated rings. The monoisotopic (exact) mass is 211 g/mol. The lowest BCUT2D eigenvalue weighted by molar-refractivity contribution is 0.148. The molecule has 0 aliphatic heterocycles. The second-order valence-corrected chi connectivity index (χ2v) is 3.91. The van der Waals surface area contributed by atoms with Gasteiger partial charge in [0.2, 0.25) is 0 Å². The van der Waals surface area contributed by atoms with Gasteiger partial charge in [-0.05, 0) is 33.4 Å². The first-order chi connectivity index (χ1) is 7.11. The van der Waals surface area contributed by atoms with Crippen LogP contribution in [0.25, 0.3) is 0 Å². The van der Waals surface area contributed by atoms with Crippen molar-refractivity contribution >= 4 is 0 Å². The van der Waals surface area contributed by atoms with Crippen molar-refractivity contribution in [1.29, 1.82) is 0 Å². The third-order valence-electron chi connectivity index (χ3n) is 2.83. The average Bonchev–Trinajstić information content (AvgIpc) is 2.46. The van der Waals surface area contributed by atoms with Crippen LogP contribution in [-0.4, -0.2) is 37.1 Å². The van der Waals surface area contributed by atoms with Crippen molar-refractivity contribution in [3.63, 3.8) is 0 Å². The van der Waals surface area contributed by atoms with Crippen LogP contribution in [0.3, 0.4) is 0 Å². The van der Waals surface area contributed by atoms with Crippen molar-refractivity contribution in [1.82, 2.24) is 15.1 Å². The van der Waals surface area contributed by atoms with Gasteiger partial charge in [0.15, 0.2) is 0 Å². The van der Waals surface area contributed by atoms with E-state index in [9.17, 15) is 0 Å². The van der Waals surface area contributed by atoms with Crippen molar-refractivity contribution in [2.75, 3.05) is 27.3 Å². The summed E-state index contributed by atoms with van der Waals surface area (Å²) >= 11 is 0. The fourth-order valence-corrected chi connectivity index (χ4v) is 1.74. The summed E-state index contributed by atoms with van der Waals surface area (Å²) in [4.78, 5) is 0. The molecule has 4 heteroatoms. The van der Waals surface area contributed by atoms with Gasteiger partial charge in [0.05, 0.1) is 18.3 Å². The summed E-state index contributed by atoms with van der Waals surface area (Å²) < 4.78 is 7.27. The number of hydrogen-bond acceptors (Lipinski definition) is 3. The van der Waals surface area contributed by atoms with Crippen LogP contribution in [-0.2, 0) is 4.74 Å². The number of ether oxygens (including phenoxy) is 1. The smallest absolute Gasteiger partial charge is 0.0879 e. The molecule has 15 heavy (non-hydrogen) atoms. The van der Waals surface area contributed by atoms with E-state index in [2.05, 4.69) is 28.9 Å². The maximum Gasteiger partial charge on any atom is 0.0879 e. The molecule has 0 spiro atoms. The molecule has 1 N–H and O–H groups in total. The van der Waals surface area contributed by atoms with Gasteiger partial charge in [0.1, 0.15) is 0 Å². The van der Waals surface area contributed by atoms with Crippen LogP contribution in [0.4, 0.5) is 0 Å². The predicted octanol–water partition coefficient (Wildman–Crippen LogP) is 1.22. The van der Waals surface area contributed by atoms with E-state index in [1.54, 1.807) is 7.11 Å². The van der Waals surface area contributed by atoms with E-state index in [0.29, 0.717) is 6.61 Å². The summed E-state index contributed by atoms with van der Waals surface area (Å²) in [7, 11) is 3.67. The Labute approximate surface area is 91.6 Å². The summed E-state index contributed by atoms with van der Waals surface area (Å²) in [5, 5.41) is 7.71. The zero-order valence-electron chi connectivity index (χ0n) is 10.3. The molecule has 0 saturated heterocycles. The van der Waals surface area contributed by atoms with E-state index >= 15 is 0 Å². The lowest BCUT2D eigenvalue weighted by Gasteiger charge is -2.18. The molecule has 86 valence electrons. The number of methoxy groups -OCH3 is 1. The Hall–Kier alpha value is -0.870. The van der Waals surface area contributed by atoms with Gasteiger partial charge >= 0.3 is 0 Å². The minimum Gasteiger partial charge on any atom is -0.382 e. The molecule has 0 aliphatic carbocycles. The molecule has 0 aromatic carbocycles. The van der Waals surface area contributed by atoms with E-state index < -0.39 is 0 Å². The van der Waals surface area contributed by atoms with E-state index in [1.807, 2.05) is 14.0 Å². The molecule has 4 nitrogen and oxygen atoms in total. The number of hydrogen-bond donors (Lipinski definition) is 1. The Balaban J connectivity index is 2.94. The van der Waals surface area contributed by atoms with Gasteiger partial charge < -0.3 is 10.1 Å². The molecule has 1 unspecified atom stereocenters. The van der Waals surface area contributed by atoms with Crippen LogP contribution in [0.15, 0.2) is 0 Å². The van der Waals surface area contributed by atoms with Gasteiger partial charge in [-0.1, -0.05) is 0 Å². The molecule has 1 aromatic rings. The summed E-state index contributed by atoms with van der Waals surface area (Å²) in [6.45, 7) is 7.81. The highest BCUT2D eigenvalue weighted by Gasteiger charge is 2.15. The Bertz CT molecular complexity index is 314. The first-order valence-electron chi connectivity index (χ1n) is 5.27. The summed E-state index contributed by atoms with van der Waals surface area (Å²) in [6, 6.07) is 0.271. The van der Waals surface area contributed by atoms with Gasteiger partial charge in [0, 0.05) is 19.3 Å². The van der Waals surface area contributed by atoms with Crippen LogP contribution in [0.5, 0.6) is 0 Å². The Kier molecular flexibility index (Phi) is 4.29. The summed E-state index contributed by atoms with van der Waals surface area (Å²) in [6.07, 6.45) is 0. The van der Waals surface area contributed by atoms with Crippen molar-refractivity contribution in [3.05, 3.63) is 17.0 Å². The second-order valence-electron chi connectivity index (χ2n) is 3.91. The highest BCUT2D eigenvalue weighted by Crippen LogP contribution is 2.16. The van der Waals surface area contributed by atoms with E-state index in [1.165, 1.54) is 11.3 Å². The van der Waals surface area contributed by atoms with Crippen molar-refractivity contribution in [3.8, 4) is 0 Å². The molecular formula is C11H21N3O. The minimum absolute atomic E-state index is 0.271. The molecule has 1 atom stereocenters. The van der Waals surface area contributed by atoms with Crippen molar-refractivity contribution < 1.29 is 4.74 Å². The quantitative estimate of drug-likeness (QED) is 0.796. The van der Waals surface area contributed by atoms with Crippen molar-refractivity contribution in [2.24, 2.45) is 0 Å². The number of aryl methyl sites for hydroxylation is 1. The van der Waals surface area contributed by atoms with Crippen LogP contribution in [0, 0.1) is 20.8 Å². The number of rotatable bonds is 5. The number of nitrogens with zero attached hydrogens (tertiary/aromatic N) is 2. The number of nitrogens with one attached hydrogen (secondary N) is 1. The highest BCUT2D eigenvalue weighted by molar-refractivity contribution is 5.22. The fourth-order valence-electron chi connectivity index (χ4n) is 1.74. The molecule has 0 saturated carbocycles. The molecule has 1 rings (SSSR count). The predicted molar refractivity (Wildman–Crippen MR) is 61.3 cm³/mol. The van der Waals surface area contributed by atoms with Crippen LogP contribution in [0.2, 0.25) is 0 Å². The van der Waals surface area contributed by atoms with Gasteiger partial charge in [-0.3, -0.25) is 4.68 Å². The van der Waals surface area contributed by atoms with E-state index in [4.69, 9.17) is 4.74 Å². The van der Waals surface area contributed by atoms with Crippen molar-refractivity contribution in [2.45, 2.75) is 26.8 Å². The zero-order chi connectivity index (χ0) is 11.4. The van der Waals surface area contributed by atoms with Crippen LogP contribution in [0.1, 0.15) is 23.0 Å². The van der Waals surface area contributed by atoms with Gasteiger partial charge in [-0.2, -0.15) is 5.10 Å². The molecular weight excluding hydrogens is 190 g/mol. The van der Waals surface area contributed by atoms with Crippen LogP contribution >= 0.6 is 0 Å². The highest BCUT2D eigenvalue weighted by atomic mass is 16.5. The number of likely N-dealkylation sites (N-methyl/N-ethyl adjacent to an activating group) is 1. The topological polar surface area (TPSA) is 39.1 Å². The average molecular weight is 211 g/mol. The Morgan fingerprint density at radius 3 is 2.47 bits per heavy atom. The second kappa shape index (κ2) is 5.28. The molecule has 0 bridgehead atoms. The van der Waals surface area contributed by atoms with Gasteiger partial charge in [0.25, 0.3) is 0 Å². The first kappa shape index (κ1) is 12.2. The Morgan fingerprint density at radius 1 is 1.40 bits per heavy atom. The molecule has 0 radical (unpaired) electrons. The SMILES string of the molecule is CNCC(COC)n1nc(C)c(C)c1C. The largest absolute Gasteiger partial charge is 0.382 e. The standard InChI is InChI=1S/C11H21N3O/c1-8-9(2)13-14(10(8)3)11(6-12-4)7-15-5/h11-12H,6-7H2,1-5H3. The Morgan fingerprint density at radius 2 is 2.07 bits per heavy atom. The lowest BCUT2D eigenvalue weighted by Crippen LogP contribution is -2.27. The maximum atomic E-state index is 5.21. The molecule has 1 aromatic heterocycles. The normalized spacial score (nSPS) is 13.1. The summed E-state index contributed by atoms with van der Waals surface area (Å²) in [5.41, 5.74) is 3.60. The third-order valence-corrected chi connectivity index (χ3v) is 2.83. The van der Waals surface area contributed by atoms with E-state index in [0.717, 1.165) is 12.2 Å². The van der Waals surface area contributed by atoms with Gasteiger partial charge in [-0.15, -0.1) is 0 Å². The number of aromatic nitrogens is 2. The third kappa shape index (κ3) is 2.58. The van der Waals surface area contributed by atoms with Crippen LogP contribution < -0.4 is 5.32 Å². The summed E-state index contributed by atoms with van der Waals surface area (Å²) in [5.74, 6) is 0. The minimum atomic E-state index is 0.271. The fraction of sp³-hybridized carbons (Fsp3) is 0.727. The van der Waals surface area contributed by atoms with Gasteiger partial charge in [-0.25, -0.2) is 0 Å². The molecule has 0 aliphatic rings. The molecule has 0 amide bonds. The lowest BCUT2D eigenvalue weighted by atomic mass is 10.2.